The molecule has 0 spiro atoms. The van der Waals surface area contributed by atoms with Gasteiger partial charge in [-0.1, -0.05) is 30.1 Å². The van der Waals surface area contributed by atoms with E-state index >= 15 is 0 Å². The number of pyridine rings is 1. The number of ketones is 1. The van der Waals surface area contributed by atoms with Gasteiger partial charge in [0.05, 0.1) is 10.0 Å². The van der Waals surface area contributed by atoms with Crippen LogP contribution in [0.25, 0.3) is 10.9 Å². The Morgan fingerprint density at radius 1 is 1.23 bits per heavy atom. The van der Waals surface area contributed by atoms with Crippen LogP contribution in [0.15, 0.2) is 27.8 Å². The highest BCUT2D eigenvalue weighted by molar-refractivity contribution is 6.39. The Labute approximate surface area is 181 Å². The van der Waals surface area contributed by atoms with Crippen LogP contribution in [0.5, 0.6) is 5.75 Å². The minimum Gasteiger partial charge on any atom is -0.482 e. The van der Waals surface area contributed by atoms with E-state index in [1.165, 1.54) is 17.7 Å². The molecule has 0 amide bonds. The molecule has 0 saturated heterocycles. The number of anilines is 1. The molecule has 0 aliphatic heterocycles. The summed E-state index contributed by atoms with van der Waals surface area (Å²) in [6.45, 7) is 3.40. The number of fused-ring (bicyclic) bond motifs is 1. The number of nitrogens with zero attached hydrogens (tertiary/aromatic N) is 3. The zero-order valence-corrected chi connectivity index (χ0v) is 18.2. The molecule has 2 N–H and O–H groups in total. The minimum absolute atomic E-state index is 0.172. The van der Waals surface area contributed by atoms with Gasteiger partial charge in [-0.3, -0.25) is 18.7 Å². The van der Waals surface area contributed by atoms with Crippen molar-refractivity contribution in [3.63, 3.8) is 0 Å². The number of carbonyl (C=O) groups is 1. The fraction of sp³-hybridized carbons (Fsp3) is 0.300. The van der Waals surface area contributed by atoms with Gasteiger partial charge in [-0.2, -0.15) is 0 Å². The second-order valence-electron chi connectivity index (χ2n) is 6.79. The molecule has 158 valence electrons. The highest BCUT2D eigenvalue weighted by Gasteiger charge is 2.23. The van der Waals surface area contributed by atoms with E-state index in [1.54, 1.807) is 19.1 Å². The second kappa shape index (κ2) is 8.49. The first-order valence-corrected chi connectivity index (χ1v) is 9.93. The summed E-state index contributed by atoms with van der Waals surface area (Å²) in [6.07, 6.45) is 0.601. The maximum atomic E-state index is 12.8. The molecule has 0 bridgehead atoms. The van der Waals surface area contributed by atoms with Gasteiger partial charge >= 0.3 is 5.69 Å². The molecule has 3 rings (SSSR count). The summed E-state index contributed by atoms with van der Waals surface area (Å²) in [5, 5.41) is 1.18. The second-order valence-corrected chi connectivity index (χ2v) is 7.60. The van der Waals surface area contributed by atoms with Gasteiger partial charge in [-0.25, -0.2) is 9.78 Å². The molecule has 2 heterocycles. The Balaban J connectivity index is 2.03. The number of aromatic nitrogens is 3. The van der Waals surface area contributed by atoms with Crippen molar-refractivity contribution in [2.75, 3.05) is 12.3 Å². The number of benzene rings is 1. The number of hydrogen-bond acceptors (Lipinski definition) is 6. The lowest BCUT2D eigenvalue weighted by Crippen LogP contribution is -2.43. The number of rotatable bonds is 6. The Kier molecular flexibility index (Phi) is 6.19. The molecule has 0 aliphatic rings. The molecule has 10 heteroatoms. The summed E-state index contributed by atoms with van der Waals surface area (Å²) in [5.74, 6) is -0.685. The standard InChI is InChI=1S/C20H20Cl2N4O4/c1-4-7-26-18(23)15(19(28)25(3)20(26)29)14(27)9-30-17-13(22)8-12(21)11-6-5-10(2)24-16(11)17/h5-6,8H,4,7,9,23H2,1-3H3. The fourth-order valence-electron chi connectivity index (χ4n) is 3.12. The number of aryl methyl sites for hydroxylation is 1. The van der Waals surface area contributed by atoms with E-state index in [2.05, 4.69) is 4.98 Å². The quantitative estimate of drug-likeness (QED) is 0.578. The van der Waals surface area contributed by atoms with Gasteiger partial charge in [0.25, 0.3) is 5.56 Å². The van der Waals surface area contributed by atoms with Gasteiger partial charge in [0.1, 0.15) is 16.9 Å². The number of hydrogen-bond donors (Lipinski definition) is 1. The molecule has 0 atom stereocenters. The van der Waals surface area contributed by atoms with Gasteiger partial charge in [-0.15, -0.1) is 0 Å². The van der Waals surface area contributed by atoms with Gasteiger partial charge < -0.3 is 10.5 Å². The van der Waals surface area contributed by atoms with E-state index in [-0.39, 0.29) is 28.7 Å². The lowest BCUT2D eigenvalue weighted by molar-refractivity contribution is 0.0920. The van der Waals surface area contributed by atoms with Crippen molar-refractivity contribution in [1.29, 1.82) is 0 Å². The molecule has 30 heavy (non-hydrogen) atoms. The first-order chi connectivity index (χ1) is 14.2. The lowest BCUT2D eigenvalue weighted by Gasteiger charge is -2.15. The smallest absolute Gasteiger partial charge is 0.332 e. The molecular formula is C20H20Cl2N4O4. The molecule has 0 unspecified atom stereocenters. The van der Waals surface area contributed by atoms with E-state index in [0.29, 0.717) is 28.0 Å². The van der Waals surface area contributed by atoms with Crippen LogP contribution in [0.1, 0.15) is 29.4 Å². The maximum absolute atomic E-state index is 12.8. The first kappa shape index (κ1) is 21.9. The predicted molar refractivity (Wildman–Crippen MR) is 117 cm³/mol. The molecule has 0 saturated carbocycles. The fourth-order valence-corrected chi connectivity index (χ4v) is 3.69. The van der Waals surface area contributed by atoms with Crippen molar-refractivity contribution in [3.05, 3.63) is 60.3 Å². The average molecular weight is 451 g/mol. The summed E-state index contributed by atoms with van der Waals surface area (Å²) in [6, 6.07) is 5.06. The van der Waals surface area contributed by atoms with Crippen molar-refractivity contribution < 1.29 is 9.53 Å². The molecule has 0 radical (unpaired) electrons. The first-order valence-electron chi connectivity index (χ1n) is 9.18. The normalized spacial score (nSPS) is 11.1. The Bertz CT molecular complexity index is 1280. The number of Topliss-reactive ketones (excluding diaryl/α,β-unsaturated/α-hetero) is 1. The summed E-state index contributed by atoms with van der Waals surface area (Å²) in [5.41, 5.74) is 5.44. The zero-order valence-electron chi connectivity index (χ0n) is 16.7. The third-order valence-corrected chi connectivity index (χ3v) is 5.23. The van der Waals surface area contributed by atoms with E-state index in [0.717, 1.165) is 4.57 Å². The lowest BCUT2D eigenvalue weighted by atomic mass is 10.1. The van der Waals surface area contributed by atoms with Crippen LogP contribution < -0.4 is 21.7 Å². The third kappa shape index (κ3) is 3.80. The highest BCUT2D eigenvalue weighted by Crippen LogP contribution is 2.37. The molecule has 0 fully saturated rings. The number of nitrogens with two attached hydrogens (primary N) is 1. The summed E-state index contributed by atoms with van der Waals surface area (Å²) in [4.78, 5) is 42.0. The topological polar surface area (TPSA) is 109 Å². The van der Waals surface area contributed by atoms with Gasteiger partial charge in [0.15, 0.2) is 12.4 Å². The van der Waals surface area contributed by atoms with Crippen LogP contribution in [0.2, 0.25) is 10.0 Å². The Hall–Kier alpha value is -2.84. The highest BCUT2D eigenvalue weighted by atomic mass is 35.5. The number of nitrogen functional groups attached to an aromatic ring is 1. The van der Waals surface area contributed by atoms with Crippen LogP contribution in [-0.2, 0) is 13.6 Å². The van der Waals surface area contributed by atoms with Crippen molar-refractivity contribution in [1.82, 2.24) is 14.1 Å². The van der Waals surface area contributed by atoms with Crippen LogP contribution in [0.3, 0.4) is 0 Å². The summed E-state index contributed by atoms with van der Waals surface area (Å²) < 4.78 is 7.72. The minimum atomic E-state index is -0.778. The number of halogens is 2. The van der Waals surface area contributed by atoms with E-state index in [4.69, 9.17) is 33.7 Å². The molecule has 1 aromatic carbocycles. The third-order valence-electron chi connectivity index (χ3n) is 4.63. The van der Waals surface area contributed by atoms with Gasteiger partial charge in [0.2, 0.25) is 5.78 Å². The van der Waals surface area contributed by atoms with E-state index in [9.17, 15) is 14.4 Å². The van der Waals surface area contributed by atoms with Crippen molar-refractivity contribution in [3.8, 4) is 5.75 Å². The van der Waals surface area contributed by atoms with Crippen LogP contribution >= 0.6 is 23.2 Å². The largest absolute Gasteiger partial charge is 0.482 e. The van der Waals surface area contributed by atoms with Crippen LogP contribution in [0.4, 0.5) is 5.82 Å². The van der Waals surface area contributed by atoms with E-state index in [1.807, 2.05) is 6.92 Å². The van der Waals surface area contributed by atoms with Gasteiger partial charge in [-0.05, 0) is 31.5 Å². The van der Waals surface area contributed by atoms with Crippen molar-refractivity contribution >= 4 is 45.7 Å². The van der Waals surface area contributed by atoms with Crippen LogP contribution in [0, 0.1) is 6.92 Å². The number of carbonyl (C=O) groups excluding carboxylic acids is 1. The SMILES string of the molecule is CCCn1c(N)c(C(=O)COc2c(Cl)cc(Cl)c3ccc(C)nc23)c(=O)n(C)c1=O. The monoisotopic (exact) mass is 450 g/mol. The zero-order chi connectivity index (χ0) is 22.2. The maximum Gasteiger partial charge on any atom is 0.332 e. The Morgan fingerprint density at radius 2 is 1.93 bits per heavy atom. The molecule has 8 nitrogen and oxygen atoms in total. The molecule has 3 aromatic rings. The summed E-state index contributed by atoms with van der Waals surface area (Å²) in [7, 11) is 1.30. The average Bonchev–Trinajstić information content (AvgIpc) is 2.69. The van der Waals surface area contributed by atoms with E-state index < -0.39 is 23.6 Å². The predicted octanol–water partition coefficient (Wildman–Crippen LogP) is 2.96. The summed E-state index contributed by atoms with van der Waals surface area (Å²) >= 11 is 12.5. The number of ether oxygens (including phenoxy) is 1. The van der Waals surface area contributed by atoms with Gasteiger partial charge in [0, 0.05) is 24.7 Å². The molecule has 0 aliphatic carbocycles. The Morgan fingerprint density at radius 3 is 2.60 bits per heavy atom. The molecular weight excluding hydrogens is 431 g/mol. The van der Waals surface area contributed by atoms with Crippen molar-refractivity contribution in [2.24, 2.45) is 7.05 Å². The molecule has 2 aromatic heterocycles. The van der Waals surface area contributed by atoms with Crippen LogP contribution in [-0.4, -0.2) is 26.5 Å². The van der Waals surface area contributed by atoms with Crippen molar-refractivity contribution in [2.45, 2.75) is 26.8 Å².